The lowest BCUT2D eigenvalue weighted by Crippen LogP contribution is -2.31. The smallest absolute Gasteiger partial charge is 0.305 e. The third-order valence-electron chi connectivity index (χ3n) is 6.55. The Kier molecular flexibility index (Phi) is 6.51. The highest BCUT2D eigenvalue weighted by Crippen LogP contribution is 2.46. The maximum Gasteiger partial charge on any atom is 0.305 e. The molecule has 3 N–H and O–H groups in total. The molecule has 0 spiro atoms. The van der Waals surface area contributed by atoms with Crippen molar-refractivity contribution in [2.45, 2.75) is 57.3 Å². The van der Waals surface area contributed by atoms with Crippen molar-refractivity contribution >= 4 is 22.9 Å². The molecule has 1 aliphatic heterocycles. The number of aliphatic hydroxyl groups excluding tert-OH is 2. The van der Waals surface area contributed by atoms with E-state index in [0.29, 0.717) is 5.75 Å². The zero-order chi connectivity index (χ0) is 24.6. The molecule has 0 bridgehead atoms. The molecule has 0 fully saturated rings. The molecule has 1 aromatic heterocycles. The average Bonchev–Trinajstić information content (AvgIpc) is 3.10. The molecule has 2 heterocycles. The summed E-state index contributed by atoms with van der Waals surface area (Å²) in [6.07, 6.45) is 2.54. The minimum atomic E-state index is -1.15. The van der Waals surface area contributed by atoms with E-state index < -0.39 is 30.4 Å². The van der Waals surface area contributed by atoms with Gasteiger partial charge in [0.1, 0.15) is 11.6 Å². The second kappa shape index (κ2) is 9.24. The van der Waals surface area contributed by atoms with Crippen molar-refractivity contribution < 1.29 is 29.2 Å². The van der Waals surface area contributed by atoms with Crippen LogP contribution in [0, 0.1) is 5.82 Å². The minimum absolute atomic E-state index is 0.0904. The van der Waals surface area contributed by atoms with E-state index in [1.54, 1.807) is 12.1 Å². The highest BCUT2D eigenvalue weighted by molar-refractivity contribution is 6.04. The summed E-state index contributed by atoms with van der Waals surface area (Å²) in [7, 11) is 1.51. The monoisotopic (exact) mass is 467 g/mol. The topological polar surface area (TPSA) is 91.9 Å². The van der Waals surface area contributed by atoms with Gasteiger partial charge in [-0.05, 0) is 50.5 Å². The van der Waals surface area contributed by atoms with Gasteiger partial charge in [0.15, 0.2) is 0 Å². The molecule has 4 rings (SSSR count). The van der Waals surface area contributed by atoms with Crippen LogP contribution in [0.1, 0.15) is 44.4 Å². The first-order valence-corrected chi connectivity index (χ1v) is 11.4. The van der Waals surface area contributed by atoms with Gasteiger partial charge in [-0.15, -0.1) is 0 Å². The number of hydrogen-bond acceptors (Lipinski definition) is 4. The predicted octanol–water partition coefficient (Wildman–Crippen LogP) is 4.74. The van der Waals surface area contributed by atoms with Crippen LogP contribution in [0.15, 0.2) is 42.5 Å². The van der Waals surface area contributed by atoms with Crippen molar-refractivity contribution in [3.8, 4) is 16.9 Å². The van der Waals surface area contributed by atoms with Gasteiger partial charge in [-0.2, -0.15) is 0 Å². The molecule has 0 amide bonds. The summed E-state index contributed by atoms with van der Waals surface area (Å²) in [6.45, 7) is 4.33. The number of hydrogen-bond donors (Lipinski definition) is 3. The summed E-state index contributed by atoms with van der Waals surface area (Å²) >= 11 is 0. The number of aromatic nitrogens is 1. The Morgan fingerprint density at radius 3 is 2.74 bits per heavy atom. The molecular weight excluding hydrogens is 437 g/mol. The molecule has 7 heteroatoms. The minimum Gasteiger partial charge on any atom is -0.496 e. The number of aliphatic hydroxyl groups is 2. The first-order chi connectivity index (χ1) is 16.1. The number of carboxylic acid groups (broad SMARTS) is 1. The van der Waals surface area contributed by atoms with Crippen LogP contribution in [0.25, 0.3) is 28.1 Å². The summed E-state index contributed by atoms with van der Waals surface area (Å²) in [5.74, 6) is -1.10. The lowest BCUT2D eigenvalue weighted by Gasteiger charge is -2.34. The molecule has 0 saturated carbocycles. The number of carbonyl (C=O) groups is 1. The van der Waals surface area contributed by atoms with Crippen LogP contribution >= 0.6 is 0 Å². The fourth-order valence-electron chi connectivity index (χ4n) is 4.97. The van der Waals surface area contributed by atoms with Crippen molar-refractivity contribution in [2.75, 3.05) is 7.11 Å². The molecule has 6 nitrogen and oxygen atoms in total. The number of benzene rings is 2. The number of halogens is 1. The zero-order valence-corrected chi connectivity index (χ0v) is 19.6. The zero-order valence-electron chi connectivity index (χ0n) is 19.6. The number of aryl methyl sites for hydroxylation is 1. The van der Waals surface area contributed by atoms with E-state index in [4.69, 9.17) is 9.84 Å². The summed E-state index contributed by atoms with van der Waals surface area (Å²) in [5, 5.41) is 30.3. The van der Waals surface area contributed by atoms with E-state index in [1.165, 1.54) is 24.8 Å². The predicted molar refractivity (Wildman–Crippen MR) is 129 cm³/mol. The van der Waals surface area contributed by atoms with Crippen LogP contribution in [0.5, 0.6) is 5.75 Å². The number of rotatable bonds is 8. The van der Waals surface area contributed by atoms with Gasteiger partial charge in [0, 0.05) is 34.5 Å². The summed E-state index contributed by atoms with van der Waals surface area (Å²) in [4.78, 5) is 10.8. The maximum absolute atomic E-state index is 14.0. The second-order valence-corrected chi connectivity index (χ2v) is 9.48. The van der Waals surface area contributed by atoms with Crippen LogP contribution < -0.4 is 4.74 Å². The Labute approximate surface area is 197 Å². The summed E-state index contributed by atoms with van der Waals surface area (Å²) in [6, 6.07) is 10.6. The molecule has 2 atom stereocenters. The Hall–Kier alpha value is -3.16. The van der Waals surface area contributed by atoms with E-state index in [-0.39, 0.29) is 12.0 Å². The van der Waals surface area contributed by atoms with Crippen LogP contribution in [0.4, 0.5) is 4.39 Å². The second-order valence-electron chi connectivity index (χ2n) is 9.48. The molecule has 0 radical (unpaired) electrons. The number of para-hydroxylation sites is 1. The Morgan fingerprint density at radius 2 is 2.03 bits per heavy atom. The molecular formula is C27H30FNO5. The third-order valence-corrected chi connectivity index (χ3v) is 6.55. The standard InChI is InChI=1S/C27H30FNO5/c1-27(2)12-11-16-5-4-6-21-25(20-9-7-17(28)13-23(20)34-3)22(29(27)26(16)21)10-8-18(30)14-19(31)15-24(32)33/h4-10,13,18-19,30-31H,11-12,14-15H2,1-3H3,(H,32,33)/b10-8+. The number of ether oxygens (including phenoxy) is 1. The van der Waals surface area contributed by atoms with Crippen molar-refractivity contribution in [2.24, 2.45) is 0 Å². The number of nitrogens with zero attached hydrogens (tertiary/aromatic N) is 1. The van der Waals surface area contributed by atoms with Gasteiger partial charge in [-0.25, -0.2) is 4.39 Å². The van der Waals surface area contributed by atoms with E-state index in [1.807, 2.05) is 18.2 Å². The van der Waals surface area contributed by atoms with Crippen LogP contribution in [0.2, 0.25) is 0 Å². The Morgan fingerprint density at radius 1 is 1.26 bits per heavy atom. The van der Waals surface area contributed by atoms with E-state index in [2.05, 4.69) is 24.5 Å². The van der Waals surface area contributed by atoms with E-state index in [9.17, 15) is 19.4 Å². The first-order valence-electron chi connectivity index (χ1n) is 11.4. The Bertz CT molecular complexity index is 1260. The maximum atomic E-state index is 14.0. The number of aliphatic carboxylic acids is 1. The molecule has 34 heavy (non-hydrogen) atoms. The molecule has 0 saturated heterocycles. The molecule has 3 aromatic rings. The van der Waals surface area contributed by atoms with Gasteiger partial charge in [0.2, 0.25) is 0 Å². The molecule has 0 aliphatic carbocycles. The van der Waals surface area contributed by atoms with E-state index in [0.717, 1.165) is 40.6 Å². The van der Waals surface area contributed by atoms with Crippen LogP contribution in [-0.4, -0.2) is 45.2 Å². The van der Waals surface area contributed by atoms with E-state index >= 15 is 0 Å². The molecule has 2 unspecified atom stereocenters. The lowest BCUT2D eigenvalue weighted by molar-refractivity contribution is -0.139. The lowest BCUT2D eigenvalue weighted by atomic mass is 9.90. The Balaban J connectivity index is 1.91. The van der Waals surface area contributed by atoms with Gasteiger partial charge >= 0.3 is 5.97 Å². The first kappa shape index (κ1) is 24.0. The molecule has 2 aromatic carbocycles. The van der Waals surface area contributed by atoms with Gasteiger partial charge in [-0.1, -0.05) is 24.3 Å². The fraction of sp³-hybridized carbons (Fsp3) is 0.370. The third kappa shape index (κ3) is 4.45. The fourth-order valence-corrected chi connectivity index (χ4v) is 4.97. The normalized spacial score (nSPS) is 16.6. The van der Waals surface area contributed by atoms with Gasteiger partial charge in [0.25, 0.3) is 0 Å². The van der Waals surface area contributed by atoms with Gasteiger partial charge in [0.05, 0.1) is 36.9 Å². The van der Waals surface area contributed by atoms with Crippen molar-refractivity contribution in [1.82, 2.24) is 4.57 Å². The van der Waals surface area contributed by atoms with Crippen LogP contribution in [-0.2, 0) is 16.8 Å². The SMILES string of the molecule is COc1cc(F)ccc1-c1c(/C=C/C(O)CC(O)CC(=O)O)n2c3c(cccc13)CCC2(C)C. The van der Waals surface area contributed by atoms with Crippen molar-refractivity contribution in [3.05, 3.63) is 59.5 Å². The average molecular weight is 468 g/mol. The number of carboxylic acids is 1. The highest BCUT2D eigenvalue weighted by atomic mass is 19.1. The van der Waals surface area contributed by atoms with Crippen molar-refractivity contribution in [1.29, 1.82) is 0 Å². The highest BCUT2D eigenvalue weighted by Gasteiger charge is 2.33. The molecule has 180 valence electrons. The number of methoxy groups -OCH3 is 1. The summed E-state index contributed by atoms with van der Waals surface area (Å²) < 4.78 is 21.8. The molecule has 1 aliphatic rings. The van der Waals surface area contributed by atoms with Gasteiger partial charge in [-0.3, -0.25) is 4.79 Å². The van der Waals surface area contributed by atoms with Crippen LogP contribution in [0.3, 0.4) is 0 Å². The van der Waals surface area contributed by atoms with Gasteiger partial charge < -0.3 is 24.6 Å². The summed E-state index contributed by atoms with van der Waals surface area (Å²) in [5.41, 5.74) is 4.55. The van der Waals surface area contributed by atoms with Crippen molar-refractivity contribution in [3.63, 3.8) is 0 Å². The quantitative estimate of drug-likeness (QED) is 0.445. The largest absolute Gasteiger partial charge is 0.496 e.